The molecule has 21 heavy (non-hydrogen) atoms. The van der Waals surface area contributed by atoms with E-state index >= 15 is 0 Å². The number of rotatable bonds is 6. The quantitative estimate of drug-likeness (QED) is 0.851. The Morgan fingerprint density at radius 3 is 2.76 bits per heavy atom. The third kappa shape index (κ3) is 4.03. The number of nitrogens with zero attached hydrogens (tertiary/aromatic N) is 1. The van der Waals surface area contributed by atoms with E-state index in [-0.39, 0.29) is 5.92 Å². The molecule has 2 rings (SSSR count). The molecule has 0 spiro atoms. The van der Waals surface area contributed by atoms with Crippen LogP contribution in [-0.2, 0) is 11.3 Å². The van der Waals surface area contributed by atoms with Gasteiger partial charge in [-0.1, -0.05) is 43.6 Å². The van der Waals surface area contributed by atoms with E-state index in [1.54, 1.807) is 0 Å². The summed E-state index contributed by atoms with van der Waals surface area (Å²) in [5.41, 5.74) is 1.72. The number of hydrogen-bond acceptors (Lipinski definition) is 4. The zero-order valence-corrected chi connectivity index (χ0v) is 13.4. The predicted molar refractivity (Wildman–Crippen MR) is 85.7 cm³/mol. The van der Waals surface area contributed by atoms with Gasteiger partial charge in [-0.3, -0.25) is 10.1 Å². The highest BCUT2D eigenvalue weighted by Crippen LogP contribution is 2.30. The largest absolute Gasteiger partial charge is 0.480 e. The first-order chi connectivity index (χ1) is 9.99. The van der Waals surface area contributed by atoms with Gasteiger partial charge in [0.2, 0.25) is 0 Å². The summed E-state index contributed by atoms with van der Waals surface area (Å²) >= 11 is 7.65. The summed E-state index contributed by atoms with van der Waals surface area (Å²) in [7, 11) is 0. The maximum absolute atomic E-state index is 11.1. The first-order valence-corrected chi connectivity index (χ1v) is 7.90. The molecule has 0 aliphatic carbocycles. The Balaban J connectivity index is 2.07. The lowest BCUT2D eigenvalue weighted by Gasteiger charge is -2.16. The lowest BCUT2D eigenvalue weighted by molar-refractivity contribution is -0.140. The minimum atomic E-state index is -0.841. The summed E-state index contributed by atoms with van der Waals surface area (Å²) in [4.78, 5) is 15.6. The highest BCUT2D eigenvalue weighted by atomic mass is 35.5. The Hall–Kier alpha value is -1.43. The summed E-state index contributed by atoms with van der Waals surface area (Å²) in [5, 5.41) is 15.6. The number of aromatic nitrogens is 1. The van der Waals surface area contributed by atoms with Gasteiger partial charge in [-0.2, -0.15) is 0 Å². The van der Waals surface area contributed by atoms with Crippen LogP contribution < -0.4 is 5.32 Å². The van der Waals surface area contributed by atoms with Gasteiger partial charge in [0.05, 0.1) is 10.7 Å². The van der Waals surface area contributed by atoms with Crippen LogP contribution in [0.5, 0.6) is 0 Å². The van der Waals surface area contributed by atoms with E-state index in [1.807, 2.05) is 43.5 Å². The summed E-state index contributed by atoms with van der Waals surface area (Å²) in [6.45, 7) is 4.18. The van der Waals surface area contributed by atoms with E-state index in [9.17, 15) is 4.79 Å². The predicted octanol–water partition coefficient (Wildman–Crippen LogP) is 3.66. The van der Waals surface area contributed by atoms with Gasteiger partial charge in [-0.25, -0.2) is 4.98 Å². The molecule has 2 N–H and O–H groups in total. The van der Waals surface area contributed by atoms with Crippen molar-refractivity contribution in [2.75, 3.05) is 0 Å². The summed E-state index contributed by atoms with van der Waals surface area (Å²) < 4.78 is 0. The molecule has 1 atom stereocenters. The monoisotopic (exact) mass is 324 g/mol. The summed E-state index contributed by atoms with van der Waals surface area (Å²) in [6, 6.07) is 6.97. The summed E-state index contributed by atoms with van der Waals surface area (Å²) in [5.74, 6) is -0.823. The second-order valence-electron chi connectivity index (χ2n) is 5.06. The smallest absolute Gasteiger partial charge is 0.320 e. The van der Waals surface area contributed by atoms with Crippen molar-refractivity contribution in [3.8, 4) is 10.6 Å². The summed E-state index contributed by atoms with van der Waals surface area (Å²) in [6.07, 6.45) is 0. The van der Waals surface area contributed by atoms with Gasteiger partial charge >= 0.3 is 5.97 Å². The molecule has 2 aromatic rings. The van der Waals surface area contributed by atoms with Crippen molar-refractivity contribution < 1.29 is 9.90 Å². The topological polar surface area (TPSA) is 62.2 Å². The molecule has 0 bridgehead atoms. The zero-order chi connectivity index (χ0) is 15.4. The van der Waals surface area contributed by atoms with Gasteiger partial charge in [-0.05, 0) is 12.0 Å². The van der Waals surface area contributed by atoms with Crippen molar-refractivity contribution in [2.45, 2.75) is 26.4 Å². The second kappa shape index (κ2) is 7.02. The van der Waals surface area contributed by atoms with Crippen LogP contribution in [0, 0.1) is 5.92 Å². The number of hydrogen-bond donors (Lipinski definition) is 2. The Morgan fingerprint density at radius 1 is 1.43 bits per heavy atom. The molecule has 0 fully saturated rings. The van der Waals surface area contributed by atoms with Gasteiger partial charge in [-0.15, -0.1) is 11.3 Å². The second-order valence-corrected chi connectivity index (χ2v) is 6.33. The molecule has 0 aliphatic rings. The third-order valence-electron chi connectivity index (χ3n) is 3.09. The molecule has 6 heteroatoms. The number of nitrogens with one attached hydrogen (secondary N) is 1. The van der Waals surface area contributed by atoms with Gasteiger partial charge < -0.3 is 5.11 Å². The minimum Gasteiger partial charge on any atom is -0.480 e. The van der Waals surface area contributed by atoms with Gasteiger partial charge in [0.25, 0.3) is 0 Å². The molecule has 0 aliphatic heterocycles. The standard InChI is InChI=1S/C15H17ClN2O2S/c1-9(2)13(15(19)20)17-7-10-8-21-14(18-10)11-5-3-4-6-12(11)16/h3-6,8-9,13,17H,7H2,1-2H3,(H,19,20). The zero-order valence-electron chi connectivity index (χ0n) is 11.8. The van der Waals surface area contributed by atoms with Crippen LogP contribution in [0.4, 0.5) is 0 Å². The van der Waals surface area contributed by atoms with E-state index in [0.29, 0.717) is 11.6 Å². The number of carbonyl (C=O) groups is 1. The Kier molecular flexibility index (Phi) is 5.33. The molecule has 1 aromatic carbocycles. The van der Waals surface area contributed by atoms with Crippen molar-refractivity contribution in [3.05, 3.63) is 40.4 Å². The molecule has 0 saturated heterocycles. The molecule has 0 amide bonds. The number of thiazole rings is 1. The fraction of sp³-hybridized carbons (Fsp3) is 0.333. The molecule has 0 radical (unpaired) electrons. The van der Waals surface area contributed by atoms with Gasteiger partial charge in [0, 0.05) is 17.5 Å². The van der Waals surface area contributed by atoms with Crippen LogP contribution in [0.15, 0.2) is 29.6 Å². The van der Waals surface area contributed by atoms with E-state index < -0.39 is 12.0 Å². The minimum absolute atomic E-state index is 0.0178. The SMILES string of the molecule is CC(C)C(NCc1csc(-c2ccccc2Cl)n1)C(=O)O. The van der Waals surface area contributed by atoms with E-state index in [4.69, 9.17) is 16.7 Å². The average molecular weight is 325 g/mol. The van der Waals surface area contributed by atoms with Crippen LogP contribution >= 0.6 is 22.9 Å². The third-order valence-corrected chi connectivity index (χ3v) is 4.35. The number of carboxylic acids is 1. The molecule has 0 saturated carbocycles. The number of carboxylic acid groups (broad SMARTS) is 1. The maximum atomic E-state index is 11.1. The van der Waals surface area contributed by atoms with Gasteiger partial charge in [0.15, 0.2) is 0 Å². The van der Waals surface area contributed by atoms with Gasteiger partial charge in [0.1, 0.15) is 11.0 Å². The molecule has 1 aromatic heterocycles. The fourth-order valence-corrected chi connectivity index (χ4v) is 3.11. The van der Waals surface area contributed by atoms with Crippen molar-refractivity contribution in [1.29, 1.82) is 0 Å². The Labute approximate surface area is 132 Å². The first-order valence-electron chi connectivity index (χ1n) is 6.64. The van der Waals surface area contributed by atoms with E-state index in [2.05, 4.69) is 10.3 Å². The Morgan fingerprint density at radius 2 is 2.14 bits per heavy atom. The highest BCUT2D eigenvalue weighted by molar-refractivity contribution is 7.13. The van der Waals surface area contributed by atoms with Crippen LogP contribution in [0.1, 0.15) is 19.5 Å². The van der Waals surface area contributed by atoms with Crippen molar-refractivity contribution in [3.63, 3.8) is 0 Å². The van der Waals surface area contributed by atoms with Crippen molar-refractivity contribution in [2.24, 2.45) is 5.92 Å². The lowest BCUT2D eigenvalue weighted by Crippen LogP contribution is -2.40. The van der Waals surface area contributed by atoms with Crippen LogP contribution in [-0.4, -0.2) is 22.1 Å². The van der Waals surface area contributed by atoms with Crippen LogP contribution in [0.25, 0.3) is 10.6 Å². The van der Waals surface area contributed by atoms with Crippen molar-refractivity contribution >= 4 is 28.9 Å². The fourth-order valence-electron chi connectivity index (χ4n) is 1.97. The first kappa shape index (κ1) is 15.9. The molecular formula is C15H17ClN2O2S. The number of benzene rings is 1. The van der Waals surface area contributed by atoms with Crippen LogP contribution in [0.2, 0.25) is 5.02 Å². The molecule has 112 valence electrons. The lowest BCUT2D eigenvalue weighted by atomic mass is 10.1. The number of aliphatic carboxylic acids is 1. The highest BCUT2D eigenvalue weighted by Gasteiger charge is 2.20. The molecule has 4 nitrogen and oxygen atoms in total. The van der Waals surface area contributed by atoms with E-state index in [1.165, 1.54) is 11.3 Å². The Bertz CT molecular complexity index is 628. The van der Waals surface area contributed by atoms with Crippen LogP contribution in [0.3, 0.4) is 0 Å². The number of halogens is 1. The maximum Gasteiger partial charge on any atom is 0.320 e. The molecule has 1 heterocycles. The average Bonchev–Trinajstić information content (AvgIpc) is 2.87. The molecule has 1 unspecified atom stereocenters. The van der Waals surface area contributed by atoms with Crippen molar-refractivity contribution in [1.82, 2.24) is 10.3 Å². The molecular weight excluding hydrogens is 308 g/mol. The normalized spacial score (nSPS) is 12.6. The van der Waals surface area contributed by atoms with E-state index in [0.717, 1.165) is 16.3 Å².